The normalized spacial score (nSPS) is 12.9. The van der Waals surface area contributed by atoms with Gasteiger partial charge in [0.15, 0.2) is 0 Å². The van der Waals surface area contributed by atoms with Gasteiger partial charge < -0.3 is 9.84 Å². The van der Waals surface area contributed by atoms with Crippen LogP contribution in [0, 0.1) is 11.7 Å². The number of benzene rings is 1. The Bertz CT molecular complexity index is 600. The summed E-state index contributed by atoms with van der Waals surface area (Å²) in [6.07, 6.45) is 0.660. The van der Waals surface area contributed by atoms with Crippen LogP contribution in [0.1, 0.15) is 26.7 Å². The van der Waals surface area contributed by atoms with Crippen LogP contribution < -0.4 is 5.32 Å². The van der Waals surface area contributed by atoms with Crippen molar-refractivity contribution in [3.8, 4) is 11.4 Å². The van der Waals surface area contributed by atoms with Gasteiger partial charge in [-0.2, -0.15) is 4.98 Å². The Morgan fingerprint density at radius 1 is 1.38 bits per heavy atom. The molecular formula is C15H19ClFN3O. The molecule has 0 saturated heterocycles. The van der Waals surface area contributed by atoms with Gasteiger partial charge in [-0.25, -0.2) is 4.39 Å². The lowest BCUT2D eigenvalue weighted by molar-refractivity contribution is 0.329. The Kier molecular flexibility index (Phi) is 5.31. The Balaban J connectivity index is 2.15. The van der Waals surface area contributed by atoms with Crippen molar-refractivity contribution >= 4 is 11.6 Å². The number of hydrogen-bond acceptors (Lipinski definition) is 4. The predicted molar refractivity (Wildman–Crippen MR) is 80.7 cm³/mol. The molecule has 0 amide bonds. The summed E-state index contributed by atoms with van der Waals surface area (Å²) in [5.74, 6) is 0.979. The molecule has 1 N–H and O–H groups in total. The average molecular weight is 312 g/mol. The summed E-state index contributed by atoms with van der Waals surface area (Å²) in [6, 6.07) is 4.65. The molecule has 0 aliphatic carbocycles. The zero-order valence-corrected chi connectivity index (χ0v) is 13.1. The summed E-state index contributed by atoms with van der Waals surface area (Å²) in [6.45, 7) is 7.24. The number of halogens is 2. The van der Waals surface area contributed by atoms with Gasteiger partial charge in [-0.05, 0) is 30.7 Å². The van der Waals surface area contributed by atoms with E-state index < -0.39 is 5.82 Å². The van der Waals surface area contributed by atoms with Crippen molar-refractivity contribution < 1.29 is 8.91 Å². The van der Waals surface area contributed by atoms with Crippen LogP contribution in [0.25, 0.3) is 11.4 Å². The van der Waals surface area contributed by atoms with Gasteiger partial charge in [0.1, 0.15) is 5.82 Å². The molecule has 4 nitrogen and oxygen atoms in total. The van der Waals surface area contributed by atoms with Gasteiger partial charge in [0, 0.05) is 18.0 Å². The summed E-state index contributed by atoms with van der Waals surface area (Å²) >= 11 is 5.77. The van der Waals surface area contributed by atoms with E-state index in [0.717, 1.165) is 6.54 Å². The predicted octanol–water partition coefficient (Wildman–Crippen LogP) is 3.71. The Morgan fingerprint density at radius 2 is 2.14 bits per heavy atom. The maximum absolute atomic E-state index is 13.2. The minimum atomic E-state index is -0.462. The first-order chi connectivity index (χ1) is 10.0. The molecule has 1 unspecified atom stereocenters. The molecule has 21 heavy (non-hydrogen) atoms. The van der Waals surface area contributed by atoms with E-state index in [1.807, 2.05) is 0 Å². The van der Waals surface area contributed by atoms with Crippen molar-refractivity contribution in [3.05, 3.63) is 34.9 Å². The number of aromatic nitrogens is 2. The van der Waals surface area contributed by atoms with Crippen molar-refractivity contribution in [2.45, 2.75) is 33.2 Å². The van der Waals surface area contributed by atoms with E-state index in [1.165, 1.54) is 12.1 Å². The molecule has 2 rings (SSSR count). The lowest BCUT2D eigenvalue weighted by Crippen LogP contribution is -2.35. The number of rotatable bonds is 6. The lowest BCUT2D eigenvalue weighted by Gasteiger charge is -2.19. The van der Waals surface area contributed by atoms with E-state index in [2.05, 4.69) is 36.2 Å². The van der Waals surface area contributed by atoms with Crippen LogP contribution in [-0.2, 0) is 6.42 Å². The molecule has 6 heteroatoms. The first-order valence-electron chi connectivity index (χ1n) is 7.02. The van der Waals surface area contributed by atoms with Gasteiger partial charge in [-0.1, -0.05) is 37.5 Å². The van der Waals surface area contributed by atoms with Gasteiger partial charge >= 0.3 is 0 Å². The van der Waals surface area contributed by atoms with E-state index in [1.54, 1.807) is 6.07 Å². The zero-order chi connectivity index (χ0) is 15.4. The third kappa shape index (κ3) is 4.02. The standard InChI is InChI=1S/C15H19ClFN3O/c1-4-18-13(9(2)3)8-14-19-15(20-21-14)10-5-6-12(17)11(16)7-10/h5-7,9,13,18H,4,8H2,1-3H3. The first kappa shape index (κ1) is 15.9. The van der Waals surface area contributed by atoms with Gasteiger partial charge in [-0.3, -0.25) is 0 Å². The van der Waals surface area contributed by atoms with Crippen molar-refractivity contribution in [2.75, 3.05) is 6.54 Å². The fourth-order valence-corrected chi connectivity index (χ4v) is 2.26. The molecule has 0 saturated carbocycles. The van der Waals surface area contributed by atoms with Gasteiger partial charge in [0.05, 0.1) is 5.02 Å². The van der Waals surface area contributed by atoms with Gasteiger partial charge in [-0.15, -0.1) is 0 Å². The van der Waals surface area contributed by atoms with Crippen LogP contribution in [0.4, 0.5) is 4.39 Å². The van der Waals surface area contributed by atoms with Crippen LogP contribution in [0.15, 0.2) is 22.7 Å². The van der Waals surface area contributed by atoms with Gasteiger partial charge in [0.2, 0.25) is 11.7 Å². The van der Waals surface area contributed by atoms with Crippen LogP contribution >= 0.6 is 11.6 Å². The number of nitrogens with one attached hydrogen (secondary N) is 1. The molecule has 1 atom stereocenters. The first-order valence-corrected chi connectivity index (χ1v) is 7.40. The molecular weight excluding hydrogens is 293 g/mol. The second kappa shape index (κ2) is 7.00. The van der Waals surface area contributed by atoms with Crippen molar-refractivity contribution in [1.82, 2.24) is 15.5 Å². The highest BCUT2D eigenvalue weighted by Gasteiger charge is 2.17. The van der Waals surface area contributed by atoms with Crippen LogP contribution in [0.2, 0.25) is 5.02 Å². The third-order valence-corrected chi connectivity index (χ3v) is 3.60. The molecule has 0 fully saturated rings. The van der Waals surface area contributed by atoms with E-state index in [9.17, 15) is 4.39 Å². The molecule has 2 aromatic rings. The smallest absolute Gasteiger partial charge is 0.228 e. The van der Waals surface area contributed by atoms with E-state index in [4.69, 9.17) is 16.1 Å². The van der Waals surface area contributed by atoms with Crippen LogP contribution in [0.3, 0.4) is 0 Å². The fraction of sp³-hybridized carbons (Fsp3) is 0.467. The SMILES string of the molecule is CCNC(Cc1nc(-c2ccc(F)c(Cl)c2)no1)C(C)C. The molecule has 0 radical (unpaired) electrons. The molecule has 1 aromatic carbocycles. The van der Waals surface area contributed by atoms with Gasteiger partial charge in [0.25, 0.3) is 0 Å². The third-order valence-electron chi connectivity index (χ3n) is 3.31. The molecule has 1 aromatic heterocycles. The van der Waals surface area contributed by atoms with Crippen LogP contribution in [-0.4, -0.2) is 22.7 Å². The van der Waals surface area contributed by atoms with Crippen molar-refractivity contribution in [3.63, 3.8) is 0 Å². The Labute approximate surface area is 128 Å². The minimum absolute atomic E-state index is 0.0477. The maximum atomic E-state index is 13.2. The maximum Gasteiger partial charge on any atom is 0.228 e. The highest BCUT2D eigenvalue weighted by molar-refractivity contribution is 6.31. The summed E-state index contributed by atoms with van der Waals surface area (Å²) in [4.78, 5) is 4.36. The molecule has 0 aliphatic heterocycles. The summed E-state index contributed by atoms with van der Waals surface area (Å²) < 4.78 is 18.4. The van der Waals surface area contributed by atoms with Crippen molar-refractivity contribution in [1.29, 1.82) is 0 Å². The topological polar surface area (TPSA) is 51.0 Å². The largest absolute Gasteiger partial charge is 0.339 e. The molecule has 1 heterocycles. The number of hydrogen-bond donors (Lipinski definition) is 1. The van der Waals surface area contributed by atoms with Crippen molar-refractivity contribution in [2.24, 2.45) is 5.92 Å². The van der Waals surface area contributed by atoms with Crippen LogP contribution in [0.5, 0.6) is 0 Å². The summed E-state index contributed by atoms with van der Waals surface area (Å²) in [7, 11) is 0. The number of nitrogens with zero attached hydrogens (tertiary/aromatic N) is 2. The monoisotopic (exact) mass is 311 g/mol. The number of likely N-dealkylation sites (N-methyl/N-ethyl adjacent to an activating group) is 1. The highest BCUT2D eigenvalue weighted by atomic mass is 35.5. The summed E-state index contributed by atoms with van der Waals surface area (Å²) in [5.41, 5.74) is 0.640. The Hall–Kier alpha value is -1.46. The molecule has 0 bridgehead atoms. The molecule has 114 valence electrons. The highest BCUT2D eigenvalue weighted by Crippen LogP contribution is 2.23. The Morgan fingerprint density at radius 3 is 2.76 bits per heavy atom. The summed E-state index contributed by atoms with van der Waals surface area (Å²) in [5, 5.41) is 7.38. The zero-order valence-electron chi connectivity index (χ0n) is 12.4. The molecule has 0 aliphatic rings. The minimum Gasteiger partial charge on any atom is -0.339 e. The van der Waals surface area contributed by atoms with E-state index >= 15 is 0 Å². The second-order valence-corrected chi connectivity index (χ2v) is 5.66. The molecule has 0 spiro atoms. The fourth-order valence-electron chi connectivity index (χ4n) is 2.08. The van der Waals surface area contributed by atoms with E-state index in [-0.39, 0.29) is 11.1 Å². The quantitative estimate of drug-likeness (QED) is 0.883. The average Bonchev–Trinajstić information content (AvgIpc) is 2.90. The van der Waals surface area contributed by atoms with E-state index in [0.29, 0.717) is 29.6 Å². The lowest BCUT2D eigenvalue weighted by atomic mass is 10.0. The second-order valence-electron chi connectivity index (χ2n) is 5.25.